The molecule has 1 atom stereocenters. The van der Waals surface area contributed by atoms with Gasteiger partial charge in [0.15, 0.2) is 6.10 Å². The summed E-state index contributed by atoms with van der Waals surface area (Å²) in [4.78, 5) is 11.1. The highest BCUT2D eigenvalue weighted by Gasteiger charge is 2.14. The summed E-state index contributed by atoms with van der Waals surface area (Å²) in [6.07, 6.45) is 2.82. The van der Waals surface area contributed by atoms with Gasteiger partial charge in [-0.1, -0.05) is 25.0 Å². The molecule has 0 fully saturated rings. The van der Waals surface area contributed by atoms with E-state index in [9.17, 15) is 18.7 Å². The number of halogens is 2. The van der Waals surface area contributed by atoms with Crippen LogP contribution in [0.4, 0.5) is 8.78 Å². The van der Waals surface area contributed by atoms with Crippen molar-refractivity contribution in [3.05, 3.63) is 65.2 Å². The lowest BCUT2D eigenvalue weighted by molar-refractivity contribution is -0.150. The molecule has 1 N–H and O–H groups in total. The Bertz CT molecular complexity index is 731. The minimum Gasteiger partial charge on any atom is -0.489 e. The molecular formula is C21H24F2O4. The first-order chi connectivity index (χ1) is 13.0. The lowest BCUT2D eigenvalue weighted by atomic mass is 10.0. The first-order valence-corrected chi connectivity index (χ1v) is 8.91. The molecule has 0 amide bonds. The fourth-order valence-electron chi connectivity index (χ4n) is 2.65. The molecule has 0 saturated carbocycles. The largest absolute Gasteiger partial charge is 0.489 e. The van der Waals surface area contributed by atoms with Crippen molar-refractivity contribution < 1.29 is 28.2 Å². The molecule has 27 heavy (non-hydrogen) atoms. The summed E-state index contributed by atoms with van der Waals surface area (Å²) in [5.41, 5.74) is 1.44. The zero-order valence-electron chi connectivity index (χ0n) is 15.3. The molecule has 2 aromatic rings. The van der Waals surface area contributed by atoms with Crippen LogP contribution in [0.5, 0.6) is 5.75 Å². The third kappa shape index (κ3) is 6.98. The van der Waals surface area contributed by atoms with Crippen LogP contribution in [0.1, 0.15) is 36.8 Å². The summed E-state index contributed by atoms with van der Waals surface area (Å²) in [7, 11) is 1.26. The van der Waals surface area contributed by atoms with Gasteiger partial charge in [-0.3, -0.25) is 0 Å². The molecule has 146 valence electrons. The van der Waals surface area contributed by atoms with Gasteiger partial charge in [0.25, 0.3) is 0 Å². The molecule has 0 aromatic heterocycles. The van der Waals surface area contributed by atoms with Gasteiger partial charge in [0.1, 0.15) is 24.0 Å². The Balaban J connectivity index is 1.69. The summed E-state index contributed by atoms with van der Waals surface area (Å²) in [5.74, 6) is -1.21. The second-order valence-corrected chi connectivity index (χ2v) is 6.31. The van der Waals surface area contributed by atoms with Crippen molar-refractivity contribution in [1.82, 2.24) is 0 Å². The number of hydrogen-bond acceptors (Lipinski definition) is 4. The highest BCUT2D eigenvalue weighted by atomic mass is 19.1. The standard InChI is InChI=1S/C21H24F2O4/c1-26-21(25)20(24)6-4-2-3-5-15-7-11-18(12-8-15)27-14-16-9-10-17(22)13-19(16)23/h7-13,20,24H,2-6,14H2,1H3. The van der Waals surface area contributed by atoms with Gasteiger partial charge in [0.05, 0.1) is 7.11 Å². The van der Waals surface area contributed by atoms with Crippen molar-refractivity contribution in [3.63, 3.8) is 0 Å². The quantitative estimate of drug-likeness (QED) is 0.498. The van der Waals surface area contributed by atoms with E-state index in [0.717, 1.165) is 37.3 Å². The van der Waals surface area contributed by atoms with Crippen LogP contribution in [0.25, 0.3) is 0 Å². The zero-order valence-corrected chi connectivity index (χ0v) is 15.3. The molecule has 0 spiro atoms. The van der Waals surface area contributed by atoms with E-state index in [-0.39, 0.29) is 6.61 Å². The third-order valence-electron chi connectivity index (χ3n) is 4.25. The Kier molecular flexibility index (Phi) is 8.20. The second-order valence-electron chi connectivity index (χ2n) is 6.31. The van der Waals surface area contributed by atoms with Gasteiger partial charge in [-0.2, -0.15) is 0 Å². The van der Waals surface area contributed by atoms with Gasteiger partial charge >= 0.3 is 5.97 Å². The summed E-state index contributed by atoms with van der Waals surface area (Å²) >= 11 is 0. The van der Waals surface area contributed by atoms with Crippen molar-refractivity contribution >= 4 is 5.97 Å². The van der Waals surface area contributed by atoms with Crippen molar-refractivity contribution in [2.45, 2.75) is 44.8 Å². The van der Waals surface area contributed by atoms with Crippen molar-refractivity contribution in [2.75, 3.05) is 7.11 Å². The molecular weight excluding hydrogens is 354 g/mol. The van der Waals surface area contributed by atoms with E-state index >= 15 is 0 Å². The number of unbranched alkanes of at least 4 members (excludes halogenated alkanes) is 2. The zero-order chi connectivity index (χ0) is 19.6. The minimum atomic E-state index is -1.04. The number of ether oxygens (including phenoxy) is 2. The van der Waals surface area contributed by atoms with Gasteiger partial charge in [-0.25, -0.2) is 13.6 Å². The molecule has 0 aliphatic carbocycles. The molecule has 0 heterocycles. The topological polar surface area (TPSA) is 55.8 Å². The van der Waals surface area contributed by atoms with E-state index in [2.05, 4.69) is 4.74 Å². The number of carbonyl (C=O) groups is 1. The normalized spacial score (nSPS) is 11.9. The molecule has 0 bridgehead atoms. The number of aliphatic hydroxyl groups is 1. The number of benzene rings is 2. The van der Waals surface area contributed by atoms with Gasteiger partial charge in [-0.05, 0) is 49.1 Å². The van der Waals surface area contributed by atoms with Crippen molar-refractivity contribution in [3.8, 4) is 5.75 Å². The van der Waals surface area contributed by atoms with E-state index in [0.29, 0.717) is 17.7 Å². The predicted molar refractivity (Wildman–Crippen MR) is 97.3 cm³/mol. The Hall–Kier alpha value is -2.47. The number of carbonyl (C=O) groups excluding carboxylic acids is 1. The number of aryl methyl sites for hydroxylation is 1. The highest BCUT2D eigenvalue weighted by molar-refractivity contribution is 5.74. The van der Waals surface area contributed by atoms with E-state index in [1.54, 1.807) is 0 Å². The summed E-state index contributed by atoms with van der Waals surface area (Å²) < 4.78 is 36.5. The molecule has 0 aliphatic heterocycles. The third-order valence-corrected chi connectivity index (χ3v) is 4.25. The SMILES string of the molecule is COC(=O)C(O)CCCCCc1ccc(OCc2ccc(F)cc2F)cc1. The Morgan fingerprint density at radius 1 is 1.07 bits per heavy atom. The molecule has 2 aromatic carbocycles. The fraction of sp³-hybridized carbons (Fsp3) is 0.381. The maximum atomic E-state index is 13.6. The van der Waals surface area contributed by atoms with E-state index in [1.165, 1.54) is 19.2 Å². The predicted octanol–water partition coefficient (Wildman–Crippen LogP) is 4.18. The van der Waals surface area contributed by atoms with E-state index in [1.807, 2.05) is 24.3 Å². The smallest absolute Gasteiger partial charge is 0.334 e. The summed E-state index contributed by atoms with van der Waals surface area (Å²) in [6.45, 7) is 0.0357. The van der Waals surface area contributed by atoms with Crippen LogP contribution in [-0.2, 0) is 22.6 Å². The number of aliphatic hydroxyl groups excluding tert-OH is 1. The maximum Gasteiger partial charge on any atom is 0.334 e. The summed E-state index contributed by atoms with van der Waals surface area (Å²) in [6, 6.07) is 10.9. The Labute approximate surface area is 157 Å². The van der Waals surface area contributed by atoms with Crippen molar-refractivity contribution in [1.29, 1.82) is 0 Å². The molecule has 2 rings (SSSR count). The number of methoxy groups -OCH3 is 1. The number of rotatable bonds is 10. The van der Waals surface area contributed by atoms with Gasteiger partial charge in [0, 0.05) is 11.6 Å². The molecule has 0 aliphatic rings. The number of hydrogen-bond donors (Lipinski definition) is 1. The highest BCUT2D eigenvalue weighted by Crippen LogP contribution is 2.18. The monoisotopic (exact) mass is 378 g/mol. The Morgan fingerprint density at radius 2 is 1.81 bits per heavy atom. The van der Waals surface area contributed by atoms with Crippen LogP contribution in [-0.4, -0.2) is 24.3 Å². The van der Waals surface area contributed by atoms with Crippen LogP contribution < -0.4 is 4.74 Å². The molecule has 0 saturated heterocycles. The van der Waals surface area contributed by atoms with E-state index in [4.69, 9.17) is 4.74 Å². The molecule has 6 heteroatoms. The average molecular weight is 378 g/mol. The molecule has 4 nitrogen and oxygen atoms in total. The van der Waals surface area contributed by atoms with Gasteiger partial charge in [-0.15, -0.1) is 0 Å². The van der Waals surface area contributed by atoms with Crippen LogP contribution >= 0.6 is 0 Å². The second kappa shape index (κ2) is 10.6. The van der Waals surface area contributed by atoms with E-state index < -0.39 is 23.7 Å². The Morgan fingerprint density at radius 3 is 2.48 bits per heavy atom. The lowest BCUT2D eigenvalue weighted by Gasteiger charge is -2.09. The van der Waals surface area contributed by atoms with Crippen LogP contribution in [0.2, 0.25) is 0 Å². The summed E-state index contributed by atoms with van der Waals surface area (Å²) in [5, 5.41) is 9.50. The number of esters is 1. The minimum absolute atomic E-state index is 0.0357. The maximum absolute atomic E-state index is 13.6. The van der Waals surface area contributed by atoms with Crippen LogP contribution in [0.3, 0.4) is 0 Å². The van der Waals surface area contributed by atoms with Crippen LogP contribution in [0, 0.1) is 11.6 Å². The first kappa shape index (κ1) is 20.8. The molecule has 0 radical (unpaired) electrons. The van der Waals surface area contributed by atoms with Crippen LogP contribution in [0.15, 0.2) is 42.5 Å². The van der Waals surface area contributed by atoms with Gasteiger partial charge < -0.3 is 14.6 Å². The average Bonchev–Trinajstić information content (AvgIpc) is 2.67. The van der Waals surface area contributed by atoms with Crippen molar-refractivity contribution in [2.24, 2.45) is 0 Å². The first-order valence-electron chi connectivity index (χ1n) is 8.91. The lowest BCUT2D eigenvalue weighted by Crippen LogP contribution is -2.21. The van der Waals surface area contributed by atoms with Gasteiger partial charge in [0.2, 0.25) is 0 Å². The molecule has 1 unspecified atom stereocenters. The fourth-order valence-corrected chi connectivity index (χ4v) is 2.65.